The zero-order valence-corrected chi connectivity index (χ0v) is 23.3. The van der Waals surface area contributed by atoms with Crippen LogP contribution in [0, 0.1) is 11.8 Å². The Bertz CT molecular complexity index is 446. The molecule has 0 bridgehead atoms. The molecule has 0 fully saturated rings. The molecule has 0 saturated carbocycles. The van der Waals surface area contributed by atoms with E-state index >= 15 is 0 Å². The molecule has 0 radical (unpaired) electrons. The summed E-state index contributed by atoms with van der Waals surface area (Å²) in [6.45, 7) is 25.1. The van der Waals surface area contributed by atoms with E-state index < -0.39 is 33.8 Å². The van der Waals surface area contributed by atoms with Crippen LogP contribution in [0.1, 0.15) is 33.1 Å². The molecule has 0 N–H and O–H groups in total. The predicted molar refractivity (Wildman–Crippen MR) is 124 cm³/mol. The highest BCUT2D eigenvalue weighted by atomic mass is 28.5. The van der Waals surface area contributed by atoms with Crippen LogP contribution in [-0.2, 0) is 12.3 Å². The lowest BCUT2D eigenvalue weighted by atomic mass is 9.83. The van der Waals surface area contributed by atoms with E-state index in [4.69, 9.17) is 12.3 Å². The van der Waals surface area contributed by atoms with Gasteiger partial charge in [-0.3, -0.25) is 0 Å². The van der Waals surface area contributed by atoms with Gasteiger partial charge in [0.15, 0.2) is 25.0 Å². The summed E-state index contributed by atoms with van der Waals surface area (Å²) < 4.78 is 20.5. The fourth-order valence-electron chi connectivity index (χ4n) is 3.65. The molecule has 0 saturated heterocycles. The number of hydrogen-bond donors (Lipinski definition) is 0. The third-order valence-electron chi connectivity index (χ3n) is 4.44. The summed E-state index contributed by atoms with van der Waals surface area (Å²) in [4.78, 5) is 0. The van der Waals surface area contributed by atoms with Crippen LogP contribution < -0.4 is 0 Å². The topological polar surface area (TPSA) is 27.7 Å². The Morgan fingerprint density at radius 1 is 0.885 bits per heavy atom. The van der Waals surface area contributed by atoms with Crippen molar-refractivity contribution in [2.24, 2.45) is 11.8 Å². The molecule has 0 heterocycles. The van der Waals surface area contributed by atoms with Crippen molar-refractivity contribution in [3.8, 4) is 0 Å². The quantitative estimate of drug-likeness (QED) is 0.294. The van der Waals surface area contributed by atoms with Gasteiger partial charge in [-0.15, -0.1) is 0 Å². The Balaban J connectivity index is 3.13. The highest BCUT2D eigenvalue weighted by Crippen LogP contribution is 2.37. The monoisotopic (exact) mass is 432 g/mol. The van der Waals surface area contributed by atoms with Crippen molar-refractivity contribution >= 4 is 33.8 Å². The molecule has 1 aliphatic rings. The lowest BCUT2D eigenvalue weighted by Crippen LogP contribution is -2.61. The van der Waals surface area contributed by atoms with Crippen LogP contribution in [0.3, 0.4) is 0 Å². The highest BCUT2D eigenvalue weighted by molar-refractivity contribution is 6.90. The van der Waals surface area contributed by atoms with E-state index in [1.807, 2.05) is 0 Å². The molecule has 2 unspecified atom stereocenters. The fraction of sp³-hybridized carbons (Fsp3) is 0.895. The van der Waals surface area contributed by atoms with Crippen LogP contribution in [0.25, 0.3) is 0 Å². The third kappa shape index (κ3) is 9.61. The SMILES string of the molecule is CC1=CCC(C(C)C[Si](O[Si](C)(C)C)(O[Si](C)(C)C)O[Si](C)(C)C)CC1. The van der Waals surface area contributed by atoms with Gasteiger partial charge in [-0.05, 0) is 96.9 Å². The van der Waals surface area contributed by atoms with E-state index in [0.717, 1.165) is 12.0 Å². The Hall–Kier alpha value is 0.488. The van der Waals surface area contributed by atoms with Crippen molar-refractivity contribution in [2.75, 3.05) is 0 Å². The highest BCUT2D eigenvalue weighted by Gasteiger charge is 2.51. The molecule has 0 amide bonds. The molecule has 0 spiro atoms. The van der Waals surface area contributed by atoms with E-state index in [2.05, 4.69) is 78.8 Å². The van der Waals surface area contributed by atoms with Crippen molar-refractivity contribution in [1.29, 1.82) is 0 Å². The van der Waals surface area contributed by atoms with Crippen LogP contribution in [0.2, 0.25) is 65.0 Å². The van der Waals surface area contributed by atoms with E-state index in [9.17, 15) is 0 Å². The first kappa shape index (κ1) is 24.5. The summed E-state index contributed by atoms with van der Waals surface area (Å²) in [5.74, 6) is 1.31. The zero-order valence-electron chi connectivity index (χ0n) is 19.3. The summed E-state index contributed by atoms with van der Waals surface area (Å²) in [7, 11) is -8.03. The van der Waals surface area contributed by atoms with Gasteiger partial charge in [0.25, 0.3) is 0 Å². The minimum atomic E-state index is -2.70. The molecule has 0 aromatic heterocycles. The average molecular weight is 433 g/mol. The van der Waals surface area contributed by atoms with Gasteiger partial charge >= 0.3 is 8.80 Å². The van der Waals surface area contributed by atoms with Crippen LogP contribution in [0.15, 0.2) is 11.6 Å². The van der Waals surface area contributed by atoms with Gasteiger partial charge in [0.1, 0.15) is 0 Å². The van der Waals surface area contributed by atoms with E-state index in [1.165, 1.54) is 19.3 Å². The molecule has 1 rings (SSSR count). The predicted octanol–water partition coefficient (Wildman–Crippen LogP) is 6.86. The molecule has 26 heavy (non-hydrogen) atoms. The maximum atomic E-state index is 6.85. The number of hydrogen-bond acceptors (Lipinski definition) is 3. The molecular formula is C19H44O3Si4. The molecular weight excluding hydrogens is 389 g/mol. The molecule has 1 aliphatic carbocycles. The lowest BCUT2D eigenvalue weighted by molar-refractivity contribution is 0.226. The van der Waals surface area contributed by atoms with Gasteiger partial charge in [-0.2, -0.15) is 0 Å². The smallest absolute Gasteiger partial charge is 0.417 e. The maximum Gasteiger partial charge on any atom is 0.469 e. The van der Waals surface area contributed by atoms with Crippen molar-refractivity contribution in [2.45, 2.75) is 98.1 Å². The van der Waals surface area contributed by atoms with Crippen molar-refractivity contribution in [3.63, 3.8) is 0 Å². The first-order valence-corrected chi connectivity index (χ1v) is 22.4. The molecule has 7 heteroatoms. The minimum absolute atomic E-state index is 0.579. The molecule has 2 atom stereocenters. The third-order valence-corrected chi connectivity index (χ3v) is 16.7. The molecule has 0 aromatic carbocycles. The molecule has 3 nitrogen and oxygen atoms in total. The van der Waals surface area contributed by atoms with Crippen molar-refractivity contribution < 1.29 is 12.3 Å². The second-order valence-electron chi connectivity index (χ2n) is 11.1. The Morgan fingerprint density at radius 2 is 1.31 bits per heavy atom. The van der Waals surface area contributed by atoms with E-state index in [0.29, 0.717) is 5.92 Å². The van der Waals surface area contributed by atoms with Gasteiger partial charge < -0.3 is 12.3 Å². The second-order valence-corrected chi connectivity index (χ2v) is 28.0. The Morgan fingerprint density at radius 3 is 1.62 bits per heavy atom. The second kappa shape index (κ2) is 8.88. The summed E-state index contributed by atoms with van der Waals surface area (Å²) >= 11 is 0. The summed E-state index contributed by atoms with van der Waals surface area (Å²) in [6, 6.07) is 0.976. The van der Waals surface area contributed by atoms with Crippen LogP contribution in [0.4, 0.5) is 0 Å². The molecule has 154 valence electrons. The van der Waals surface area contributed by atoms with Crippen LogP contribution >= 0.6 is 0 Å². The fourth-order valence-corrected chi connectivity index (χ4v) is 18.6. The maximum absolute atomic E-state index is 6.85. The summed E-state index contributed by atoms with van der Waals surface area (Å²) in [5, 5.41) is 0. The van der Waals surface area contributed by atoms with E-state index in [-0.39, 0.29) is 0 Å². The minimum Gasteiger partial charge on any atom is -0.417 e. The summed E-state index contributed by atoms with van der Waals surface area (Å²) in [5.41, 5.74) is 1.55. The van der Waals surface area contributed by atoms with E-state index in [1.54, 1.807) is 5.57 Å². The standard InChI is InChI=1S/C19H44O3Si4/c1-17-12-14-19(15-13-17)18(2)16-26(20-23(3,4)5,21-24(6,7)8)22-25(9,10)11/h12,18-19H,13-16H2,1-11H3. The van der Waals surface area contributed by atoms with Gasteiger partial charge in [0.05, 0.1) is 0 Å². The summed E-state index contributed by atoms with van der Waals surface area (Å²) in [6.07, 6.45) is 6.17. The Labute approximate surface area is 167 Å². The van der Waals surface area contributed by atoms with Gasteiger partial charge in [0, 0.05) is 6.04 Å². The lowest BCUT2D eigenvalue weighted by Gasteiger charge is -2.44. The first-order chi connectivity index (χ1) is 11.5. The van der Waals surface area contributed by atoms with Crippen LogP contribution in [-0.4, -0.2) is 33.8 Å². The van der Waals surface area contributed by atoms with Gasteiger partial charge in [-0.1, -0.05) is 18.6 Å². The number of rotatable bonds is 9. The Kier molecular flexibility index (Phi) is 8.38. The van der Waals surface area contributed by atoms with Gasteiger partial charge in [0.2, 0.25) is 0 Å². The number of allylic oxidation sites excluding steroid dienone is 2. The first-order valence-electron chi connectivity index (χ1n) is 10.3. The molecule has 0 aliphatic heterocycles. The van der Waals surface area contributed by atoms with Crippen molar-refractivity contribution in [1.82, 2.24) is 0 Å². The largest absolute Gasteiger partial charge is 0.469 e. The average Bonchev–Trinajstić information content (AvgIpc) is 2.31. The molecule has 0 aromatic rings. The van der Waals surface area contributed by atoms with Crippen LogP contribution in [0.5, 0.6) is 0 Å². The van der Waals surface area contributed by atoms with Gasteiger partial charge in [-0.25, -0.2) is 0 Å². The normalized spacial score (nSPS) is 21.5. The zero-order chi connectivity index (χ0) is 20.4. The van der Waals surface area contributed by atoms with Crippen molar-refractivity contribution in [3.05, 3.63) is 11.6 Å².